The van der Waals surface area contributed by atoms with E-state index < -0.39 is 12.6 Å². The maximum Gasteiger partial charge on any atom is 0.393 e. The minimum atomic E-state index is -4.42. The number of halogens is 3. The summed E-state index contributed by atoms with van der Waals surface area (Å²) in [7, 11) is 1.61. The smallest absolute Gasteiger partial charge is 0.393 e. The van der Waals surface area contributed by atoms with Crippen molar-refractivity contribution in [3.63, 3.8) is 0 Å². The molecule has 0 spiro atoms. The number of rotatable bonds is 12. The Balaban J connectivity index is 1.59. The van der Waals surface area contributed by atoms with Crippen LogP contribution in [-0.4, -0.2) is 54.0 Å². The molecule has 0 saturated heterocycles. The van der Waals surface area contributed by atoms with Crippen LogP contribution in [0.3, 0.4) is 0 Å². The molecule has 0 saturated carbocycles. The van der Waals surface area contributed by atoms with E-state index in [-0.39, 0.29) is 11.5 Å². The van der Waals surface area contributed by atoms with Gasteiger partial charge >= 0.3 is 6.18 Å². The van der Waals surface area contributed by atoms with Gasteiger partial charge in [-0.2, -0.15) is 18.3 Å². The fourth-order valence-electron chi connectivity index (χ4n) is 4.25. The van der Waals surface area contributed by atoms with Crippen molar-refractivity contribution < 1.29 is 22.7 Å². The Morgan fingerprint density at radius 1 is 0.974 bits per heavy atom. The maximum atomic E-state index is 13.8. The van der Waals surface area contributed by atoms with Gasteiger partial charge in [-0.25, -0.2) is 4.98 Å². The summed E-state index contributed by atoms with van der Waals surface area (Å²) in [6, 6.07) is 17.4. The van der Waals surface area contributed by atoms with Crippen molar-refractivity contribution in [2.45, 2.75) is 25.4 Å². The number of nitrogens with one attached hydrogen (secondary N) is 3. The minimum Gasteiger partial charge on any atom is -0.476 e. The number of hydrogen-bond acceptors (Lipinski definition) is 5. The highest BCUT2D eigenvalue weighted by atomic mass is 19.4. The van der Waals surface area contributed by atoms with E-state index in [0.717, 1.165) is 10.9 Å². The zero-order chi connectivity index (χ0) is 27.7. The highest BCUT2D eigenvalue weighted by Crippen LogP contribution is 2.39. The molecule has 1 amide bonds. The molecule has 0 atom stereocenters. The third-order valence-electron chi connectivity index (χ3n) is 6.12. The Hall–Kier alpha value is -4.18. The van der Waals surface area contributed by atoms with Crippen molar-refractivity contribution in [3.05, 3.63) is 89.7 Å². The van der Waals surface area contributed by atoms with Crippen molar-refractivity contribution in [1.82, 2.24) is 25.8 Å². The second-order valence-electron chi connectivity index (χ2n) is 8.94. The van der Waals surface area contributed by atoms with Crippen LogP contribution in [0.5, 0.6) is 5.88 Å². The van der Waals surface area contributed by atoms with E-state index in [9.17, 15) is 18.0 Å². The fraction of sp³-hybridized carbons (Fsp3) is 0.276. The van der Waals surface area contributed by atoms with Gasteiger partial charge in [0.2, 0.25) is 11.8 Å². The van der Waals surface area contributed by atoms with Gasteiger partial charge in [-0.15, -0.1) is 0 Å². The standard InChI is InChI=1S/C29H30F3N5O2/c1-33-26(38)8-5-13-34-14-15-39-27-12-10-22(18-35-27)28(21-9-11-25-23(16-21)19-36-37-25)24(17-29(30,31)32)20-6-3-2-4-7-20/h2-4,6-7,9-12,16,18-19,34H,5,8,13-15,17H2,1H3,(H,33,38)(H,36,37). The summed E-state index contributed by atoms with van der Waals surface area (Å²) in [5.74, 6) is 0.369. The van der Waals surface area contributed by atoms with Crippen molar-refractivity contribution >= 4 is 28.0 Å². The molecule has 2 aromatic heterocycles. The number of fused-ring (bicyclic) bond motifs is 1. The van der Waals surface area contributed by atoms with Crippen LogP contribution in [0.2, 0.25) is 0 Å². The monoisotopic (exact) mass is 537 g/mol. The number of pyridine rings is 1. The summed E-state index contributed by atoms with van der Waals surface area (Å²) in [6.45, 7) is 1.60. The van der Waals surface area contributed by atoms with Gasteiger partial charge < -0.3 is 15.4 Å². The number of carbonyl (C=O) groups excluding carboxylic acids is 1. The van der Waals surface area contributed by atoms with Crippen LogP contribution in [-0.2, 0) is 4.79 Å². The fourth-order valence-corrected chi connectivity index (χ4v) is 4.25. The quantitative estimate of drug-likeness (QED) is 0.167. The predicted molar refractivity (Wildman–Crippen MR) is 145 cm³/mol. The zero-order valence-electron chi connectivity index (χ0n) is 21.5. The summed E-state index contributed by atoms with van der Waals surface area (Å²) in [6.07, 6.45) is -1.16. The normalized spacial score (nSPS) is 12.3. The molecule has 4 rings (SSSR count). The van der Waals surface area contributed by atoms with Crippen molar-refractivity contribution in [1.29, 1.82) is 0 Å². The van der Waals surface area contributed by atoms with E-state index in [1.54, 1.807) is 74.0 Å². The predicted octanol–water partition coefficient (Wildman–Crippen LogP) is 5.36. The number of alkyl halides is 3. The van der Waals surface area contributed by atoms with E-state index >= 15 is 0 Å². The average Bonchev–Trinajstić information content (AvgIpc) is 3.41. The average molecular weight is 538 g/mol. The van der Waals surface area contributed by atoms with Crippen molar-refractivity contribution in [3.8, 4) is 5.88 Å². The van der Waals surface area contributed by atoms with Crippen LogP contribution in [0.1, 0.15) is 36.0 Å². The first-order valence-corrected chi connectivity index (χ1v) is 12.6. The second-order valence-corrected chi connectivity index (χ2v) is 8.94. The molecular formula is C29H30F3N5O2. The zero-order valence-corrected chi connectivity index (χ0v) is 21.5. The SMILES string of the molecule is CNC(=O)CCCNCCOc1ccc(C(=C(CC(F)(F)F)c2ccccc2)c2ccc3[nH]ncc3c2)cn1. The number of H-pyrrole nitrogens is 1. The summed E-state index contributed by atoms with van der Waals surface area (Å²) < 4.78 is 47.3. The molecular weight excluding hydrogens is 507 g/mol. The van der Waals surface area contributed by atoms with Gasteiger partial charge in [-0.3, -0.25) is 9.89 Å². The molecule has 0 radical (unpaired) electrons. The largest absolute Gasteiger partial charge is 0.476 e. The lowest BCUT2D eigenvalue weighted by Crippen LogP contribution is -2.24. The van der Waals surface area contributed by atoms with Gasteiger partial charge in [0, 0.05) is 43.2 Å². The van der Waals surface area contributed by atoms with Gasteiger partial charge in [0.05, 0.1) is 18.1 Å². The lowest BCUT2D eigenvalue weighted by Gasteiger charge is -2.19. The van der Waals surface area contributed by atoms with Crippen LogP contribution in [0.25, 0.3) is 22.0 Å². The Morgan fingerprint density at radius 3 is 2.49 bits per heavy atom. The third kappa shape index (κ3) is 7.90. The number of carbonyl (C=O) groups is 1. The molecule has 2 aromatic carbocycles. The third-order valence-corrected chi connectivity index (χ3v) is 6.12. The van der Waals surface area contributed by atoms with E-state index in [1.165, 1.54) is 0 Å². The Kier molecular flexibility index (Phi) is 9.32. The first kappa shape index (κ1) is 27.8. The van der Waals surface area contributed by atoms with Crippen LogP contribution in [0.15, 0.2) is 73.1 Å². The molecule has 0 aliphatic rings. The molecule has 3 N–H and O–H groups in total. The number of amides is 1. The van der Waals surface area contributed by atoms with Gasteiger partial charge in [0.1, 0.15) is 6.61 Å². The lowest BCUT2D eigenvalue weighted by atomic mass is 9.88. The molecule has 0 unspecified atom stereocenters. The molecule has 0 bridgehead atoms. The molecule has 0 aliphatic carbocycles. The van der Waals surface area contributed by atoms with Gasteiger partial charge in [0.15, 0.2) is 0 Å². The molecule has 10 heteroatoms. The lowest BCUT2D eigenvalue weighted by molar-refractivity contribution is -0.123. The van der Waals surface area contributed by atoms with E-state index in [1.807, 2.05) is 6.07 Å². The molecule has 2 heterocycles. The van der Waals surface area contributed by atoms with Crippen molar-refractivity contribution in [2.75, 3.05) is 26.7 Å². The molecule has 4 aromatic rings. The van der Waals surface area contributed by atoms with Gasteiger partial charge in [-0.1, -0.05) is 36.4 Å². The number of allylic oxidation sites excluding steroid dienone is 1. The minimum absolute atomic E-state index is 0.00102. The Bertz CT molecular complexity index is 1400. The van der Waals surface area contributed by atoms with Crippen LogP contribution < -0.4 is 15.4 Å². The van der Waals surface area contributed by atoms with Gasteiger partial charge in [-0.05, 0) is 53.4 Å². The molecule has 39 heavy (non-hydrogen) atoms. The molecule has 7 nitrogen and oxygen atoms in total. The van der Waals surface area contributed by atoms with Gasteiger partial charge in [0.25, 0.3) is 0 Å². The second kappa shape index (κ2) is 13.1. The number of aromatic amines is 1. The Labute approximate surface area is 224 Å². The summed E-state index contributed by atoms with van der Waals surface area (Å²) in [4.78, 5) is 15.6. The molecule has 204 valence electrons. The number of benzene rings is 2. The Morgan fingerprint density at radius 2 is 1.77 bits per heavy atom. The summed E-state index contributed by atoms with van der Waals surface area (Å²) in [5.41, 5.74) is 3.05. The number of nitrogens with zero attached hydrogens (tertiary/aromatic N) is 2. The van der Waals surface area contributed by atoms with Crippen LogP contribution in [0, 0.1) is 0 Å². The summed E-state index contributed by atoms with van der Waals surface area (Å²) in [5, 5.41) is 13.5. The van der Waals surface area contributed by atoms with Crippen molar-refractivity contribution in [2.24, 2.45) is 0 Å². The molecule has 0 fully saturated rings. The highest BCUT2D eigenvalue weighted by molar-refractivity contribution is 6.00. The van der Waals surface area contributed by atoms with E-state index in [0.29, 0.717) is 60.7 Å². The summed E-state index contributed by atoms with van der Waals surface area (Å²) >= 11 is 0. The first-order valence-electron chi connectivity index (χ1n) is 12.6. The molecule has 0 aliphatic heterocycles. The van der Waals surface area contributed by atoms with Crippen LogP contribution >= 0.6 is 0 Å². The topological polar surface area (TPSA) is 91.9 Å². The maximum absolute atomic E-state index is 13.8. The first-order chi connectivity index (χ1) is 18.8. The number of hydrogen-bond donors (Lipinski definition) is 3. The number of aromatic nitrogens is 3. The van der Waals surface area contributed by atoms with Crippen LogP contribution in [0.4, 0.5) is 13.2 Å². The van der Waals surface area contributed by atoms with E-state index in [2.05, 4.69) is 25.8 Å². The highest BCUT2D eigenvalue weighted by Gasteiger charge is 2.31. The number of ether oxygens (including phenoxy) is 1. The van der Waals surface area contributed by atoms with E-state index in [4.69, 9.17) is 4.74 Å².